The fraction of sp³-hybridized carbons (Fsp3) is 0.537. The molecule has 16 nitrogen and oxygen atoms in total. The van der Waals surface area contributed by atoms with Gasteiger partial charge in [-0.05, 0) is 109 Å². The van der Waals surface area contributed by atoms with E-state index in [-0.39, 0.29) is 92.8 Å². The van der Waals surface area contributed by atoms with Crippen molar-refractivity contribution in [3.63, 3.8) is 0 Å². The quantitative estimate of drug-likeness (QED) is 0.0906. The number of rotatable bonds is 15. The molecule has 1 spiro atoms. The van der Waals surface area contributed by atoms with E-state index in [1.807, 2.05) is 42.5 Å². The number of fused-ring (bicyclic) bond motifs is 6. The molecule has 3 unspecified atom stereocenters. The van der Waals surface area contributed by atoms with E-state index in [1.54, 1.807) is 12.1 Å². The van der Waals surface area contributed by atoms with E-state index in [1.165, 1.54) is 12.2 Å². The number of anilines is 1. The number of hydrogen-bond donors (Lipinski definition) is 2. The Hall–Kier alpha value is -5.36. The largest absolute Gasteiger partial charge is 0.494 e. The molecular formula is C54H61B2N3O13. The molecule has 6 saturated carbocycles. The van der Waals surface area contributed by atoms with Crippen LogP contribution in [0.15, 0.2) is 66.7 Å². The molecule has 3 aromatic rings. The zero-order valence-electron chi connectivity index (χ0n) is 41.7. The van der Waals surface area contributed by atoms with Crippen molar-refractivity contribution in [3.8, 4) is 11.5 Å². The van der Waals surface area contributed by atoms with Gasteiger partial charge < -0.3 is 48.2 Å². The van der Waals surface area contributed by atoms with Gasteiger partial charge >= 0.3 is 20.2 Å². The molecule has 2 N–H and O–H groups in total. The van der Waals surface area contributed by atoms with Gasteiger partial charge in [0.05, 0.1) is 61.8 Å². The highest BCUT2D eigenvalue weighted by atomic mass is 16.7. The summed E-state index contributed by atoms with van der Waals surface area (Å²) in [7, 11) is -1.19. The van der Waals surface area contributed by atoms with Gasteiger partial charge in [-0.2, -0.15) is 0 Å². The molecule has 4 bridgehead atoms. The number of imide groups is 1. The molecule has 0 radical (unpaired) electrons. The predicted molar refractivity (Wildman–Crippen MR) is 263 cm³/mol. The van der Waals surface area contributed by atoms with Crippen molar-refractivity contribution in [3.05, 3.63) is 89.0 Å². The van der Waals surface area contributed by atoms with Crippen LogP contribution in [0.1, 0.15) is 107 Å². The Bertz CT molecular complexity index is 2770. The number of benzene rings is 3. The highest BCUT2D eigenvalue weighted by Crippen LogP contribution is 2.67. The minimum atomic E-state index is -1.38. The van der Waals surface area contributed by atoms with Crippen LogP contribution in [0.3, 0.4) is 0 Å². The van der Waals surface area contributed by atoms with Crippen molar-refractivity contribution < 1.29 is 61.5 Å². The summed E-state index contributed by atoms with van der Waals surface area (Å²) in [5.41, 5.74) is 2.55. The summed E-state index contributed by atoms with van der Waals surface area (Å²) in [6.07, 6.45) is 6.59. The van der Waals surface area contributed by atoms with Crippen LogP contribution in [0.2, 0.25) is 0 Å². The molecule has 11 aliphatic rings. The van der Waals surface area contributed by atoms with Crippen LogP contribution in [0.5, 0.6) is 11.5 Å². The number of amides is 4. The maximum atomic E-state index is 14.2. The van der Waals surface area contributed by atoms with E-state index in [9.17, 15) is 24.0 Å². The zero-order chi connectivity index (χ0) is 50.1. The average molecular weight is 982 g/mol. The Morgan fingerprint density at radius 2 is 1.40 bits per heavy atom. The molecular weight excluding hydrogens is 920 g/mol. The summed E-state index contributed by atoms with van der Waals surface area (Å²) in [4.78, 5) is 63.8. The molecule has 3 aromatic carbocycles. The third-order valence-electron chi connectivity index (χ3n) is 18.3. The maximum absolute atomic E-state index is 14.2. The monoisotopic (exact) mass is 981 g/mol. The van der Waals surface area contributed by atoms with Gasteiger partial charge in [-0.25, -0.2) is 4.79 Å². The highest BCUT2D eigenvalue weighted by molar-refractivity contribution is 6.62. The number of carbonyl (C=O) groups is 5. The van der Waals surface area contributed by atoms with Gasteiger partial charge in [0.1, 0.15) is 11.5 Å². The molecule has 2 saturated heterocycles. The van der Waals surface area contributed by atoms with Gasteiger partial charge in [0.2, 0.25) is 11.8 Å². The first-order chi connectivity index (χ1) is 34.4. The van der Waals surface area contributed by atoms with Crippen molar-refractivity contribution >= 4 is 60.4 Å². The highest BCUT2D eigenvalue weighted by Gasteiger charge is 2.69. The second kappa shape index (κ2) is 17.1. The minimum Gasteiger partial charge on any atom is -0.456 e. The van der Waals surface area contributed by atoms with Crippen molar-refractivity contribution in [1.29, 1.82) is 0 Å². The summed E-state index contributed by atoms with van der Waals surface area (Å²) < 4.78 is 51.9. The van der Waals surface area contributed by atoms with E-state index in [2.05, 4.69) is 52.2 Å². The minimum absolute atomic E-state index is 0.0000922. The van der Waals surface area contributed by atoms with Crippen molar-refractivity contribution in [1.82, 2.24) is 10.2 Å². The summed E-state index contributed by atoms with van der Waals surface area (Å²) in [6, 6.07) is 17.1. The van der Waals surface area contributed by atoms with E-state index >= 15 is 0 Å². The standard InChI is InChI=1S/C54H61B2N3O13/c1-50(2)31-23-39(50)48-52(5,29-31)71-56(70-48)33-8-11-38-41(27-33)67-40-26-32(55-69-43-25-30-24-42(51(30,3)4)53(43,6)72-55)7-10-37(40)54(38)36-12-9-34(28-35(36)49(64)68-54)58-45(61)16-19-65-21-22-66-20-17-57-44(60)15-18-59-46(62)13-14-47(59)63/h7-14,26-28,30-31,39,42-43,48H,15-25,29H2,1-6H3,(H,57,60)(H,58,61)/t30-,31+,39-,42-,43?,48?,52-,53-,54?/m0/s1. The molecule has 6 aliphatic carbocycles. The molecule has 8 fully saturated rings. The maximum Gasteiger partial charge on any atom is 0.494 e. The first kappa shape index (κ1) is 47.6. The van der Waals surface area contributed by atoms with Crippen LogP contribution >= 0.6 is 0 Å². The molecule has 4 amide bonds. The van der Waals surface area contributed by atoms with E-state index in [0.29, 0.717) is 63.1 Å². The van der Waals surface area contributed by atoms with Gasteiger partial charge in [-0.3, -0.25) is 24.1 Å². The van der Waals surface area contributed by atoms with Gasteiger partial charge in [0, 0.05) is 54.0 Å². The number of esters is 1. The Labute approximate surface area is 419 Å². The van der Waals surface area contributed by atoms with Gasteiger partial charge in [-0.1, -0.05) is 58.0 Å². The second-order valence-corrected chi connectivity index (χ2v) is 22.9. The molecule has 18 heteroatoms. The smallest absolute Gasteiger partial charge is 0.456 e. The number of nitrogens with one attached hydrogen (secondary N) is 2. The number of hydrogen-bond acceptors (Lipinski definition) is 13. The lowest BCUT2D eigenvalue weighted by molar-refractivity contribution is -0.199. The van der Waals surface area contributed by atoms with Crippen molar-refractivity contribution in [2.45, 2.75) is 109 Å². The first-order valence-corrected chi connectivity index (χ1v) is 25.7. The molecule has 5 aliphatic heterocycles. The fourth-order valence-electron chi connectivity index (χ4n) is 13.9. The molecule has 376 valence electrons. The third kappa shape index (κ3) is 7.44. The number of ether oxygens (including phenoxy) is 4. The molecule has 9 atom stereocenters. The van der Waals surface area contributed by atoms with Crippen LogP contribution in [0, 0.1) is 34.5 Å². The lowest BCUT2D eigenvalue weighted by Gasteiger charge is -2.64. The molecule has 5 heterocycles. The Balaban J connectivity index is 0.729. The first-order valence-electron chi connectivity index (χ1n) is 25.7. The van der Waals surface area contributed by atoms with E-state index < -0.39 is 43.2 Å². The predicted octanol–water partition coefficient (Wildman–Crippen LogP) is 4.92. The lowest BCUT2D eigenvalue weighted by atomic mass is 9.43. The fourth-order valence-corrected chi connectivity index (χ4v) is 13.9. The summed E-state index contributed by atoms with van der Waals surface area (Å²) in [6.45, 7) is 14.9. The molecule has 14 rings (SSSR count). The summed E-state index contributed by atoms with van der Waals surface area (Å²) >= 11 is 0. The van der Waals surface area contributed by atoms with Crippen molar-refractivity contribution in [2.24, 2.45) is 34.5 Å². The van der Waals surface area contributed by atoms with Crippen LogP contribution in [-0.4, -0.2) is 112 Å². The Kier molecular flexibility index (Phi) is 11.3. The van der Waals surface area contributed by atoms with Gasteiger partial charge in [0.25, 0.3) is 11.8 Å². The summed E-state index contributed by atoms with van der Waals surface area (Å²) in [5.74, 6) is 1.06. The van der Waals surface area contributed by atoms with Crippen LogP contribution in [0.4, 0.5) is 5.69 Å². The zero-order valence-corrected chi connectivity index (χ0v) is 41.7. The van der Waals surface area contributed by atoms with Crippen molar-refractivity contribution in [2.75, 3.05) is 44.8 Å². The van der Waals surface area contributed by atoms with E-state index in [4.69, 9.17) is 37.6 Å². The van der Waals surface area contributed by atoms with E-state index in [0.717, 1.165) is 41.5 Å². The van der Waals surface area contributed by atoms with Crippen LogP contribution in [-0.2, 0) is 57.6 Å². The molecule has 0 aromatic heterocycles. The van der Waals surface area contributed by atoms with Crippen LogP contribution in [0.25, 0.3) is 0 Å². The Morgan fingerprint density at radius 3 is 2.10 bits per heavy atom. The number of carbonyl (C=O) groups excluding carboxylic acids is 5. The average Bonchev–Trinajstić information content (AvgIpc) is 4.08. The normalized spacial score (nSPS) is 32.2. The second-order valence-electron chi connectivity index (χ2n) is 22.9. The molecule has 72 heavy (non-hydrogen) atoms. The topological polar surface area (TPSA) is 186 Å². The van der Waals surface area contributed by atoms with Gasteiger partial charge in [-0.15, -0.1) is 0 Å². The third-order valence-corrected chi connectivity index (χ3v) is 18.3. The SMILES string of the molecule is CC1(C)[C@@H]2C[C@H]1C1OB(c3ccc4c(c3)Oc3cc(B5OC6C[C@@H]7C[C@@H](C7(C)C)[C@]6(C)O5)ccc3C43OC(=O)c4cc(NC(=O)CCOCCOCCNC(=O)CCN5C(=O)C=CC5=O)ccc43)O[C@@]1(C)C2. The van der Waals surface area contributed by atoms with Gasteiger partial charge in [0.15, 0.2) is 5.60 Å². The number of nitrogens with zero attached hydrogens (tertiary/aromatic N) is 1. The van der Waals surface area contributed by atoms with Crippen LogP contribution < -0.4 is 26.3 Å². The summed E-state index contributed by atoms with van der Waals surface area (Å²) in [5, 5.41) is 5.60. The lowest BCUT2D eigenvalue weighted by Crippen LogP contribution is -2.65. The Morgan fingerprint density at radius 1 is 0.722 bits per heavy atom.